The lowest BCUT2D eigenvalue weighted by Crippen LogP contribution is -2.30. The number of hydrogen-bond donors (Lipinski definition) is 2. The van der Waals surface area contributed by atoms with Gasteiger partial charge in [-0.05, 0) is 29.7 Å². The Hall–Kier alpha value is -1.62. The van der Waals surface area contributed by atoms with Gasteiger partial charge < -0.3 is 15.6 Å². The van der Waals surface area contributed by atoms with Gasteiger partial charge in [0.2, 0.25) is 5.88 Å². The number of nitrogens with zero attached hydrogens (tertiary/aromatic N) is 1. The third-order valence-electron chi connectivity index (χ3n) is 3.13. The first kappa shape index (κ1) is 14.8. The molecule has 0 saturated carbocycles. The molecule has 0 amide bonds. The topological polar surface area (TPSA) is 68.4 Å². The SMILES string of the molecule is COc1cc(C(O)C(N)Cc2ccccc2Cl)ccn1. The van der Waals surface area contributed by atoms with Crippen LogP contribution in [0.3, 0.4) is 0 Å². The minimum Gasteiger partial charge on any atom is -0.481 e. The average molecular weight is 293 g/mol. The Kier molecular flexibility index (Phi) is 4.95. The summed E-state index contributed by atoms with van der Waals surface area (Å²) in [6, 6.07) is 10.4. The van der Waals surface area contributed by atoms with E-state index in [1.165, 1.54) is 7.11 Å². The zero-order valence-corrected chi connectivity index (χ0v) is 11.9. The molecule has 0 aliphatic carbocycles. The first-order valence-corrected chi connectivity index (χ1v) is 6.66. The lowest BCUT2D eigenvalue weighted by molar-refractivity contribution is 0.145. The molecule has 20 heavy (non-hydrogen) atoms. The number of benzene rings is 1. The number of rotatable bonds is 5. The quantitative estimate of drug-likeness (QED) is 0.887. The number of aliphatic hydroxyl groups excluding tert-OH is 1. The molecule has 0 aliphatic heterocycles. The van der Waals surface area contributed by atoms with Gasteiger partial charge in [-0.1, -0.05) is 29.8 Å². The Morgan fingerprint density at radius 3 is 2.80 bits per heavy atom. The number of ether oxygens (including phenoxy) is 1. The van der Waals surface area contributed by atoms with E-state index in [0.29, 0.717) is 22.9 Å². The summed E-state index contributed by atoms with van der Waals surface area (Å²) in [5, 5.41) is 11.0. The van der Waals surface area contributed by atoms with Gasteiger partial charge in [0.15, 0.2) is 0 Å². The molecule has 0 bridgehead atoms. The molecule has 0 fully saturated rings. The fraction of sp³-hybridized carbons (Fsp3) is 0.267. The van der Waals surface area contributed by atoms with Crippen LogP contribution in [0, 0.1) is 0 Å². The summed E-state index contributed by atoms with van der Waals surface area (Å²) in [4.78, 5) is 4.00. The largest absolute Gasteiger partial charge is 0.481 e. The second-order valence-electron chi connectivity index (χ2n) is 4.54. The van der Waals surface area contributed by atoms with Crippen LogP contribution < -0.4 is 10.5 Å². The van der Waals surface area contributed by atoms with Crippen LogP contribution in [0.5, 0.6) is 5.88 Å². The molecule has 1 heterocycles. The van der Waals surface area contributed by atoms with E-state index in [-0.39, 0.29) is 0 Å². The summed E-state index contributed by atoms with van der Waals surface area (Å²) in [5.74, 6) is 0.450. The van der Waals surface area contributed by atoms with Crippen LogP contribution in [0.2, 0.25) is 5.02 Å². The summed E-state index contributed by atoms with van der Waals surface area (Å²) in [5.41, 5.74) is 7.67. The molecule has 106 valence electrons. The number of methoxy groups -OCH3 is 1. The summed E-state index contributed by atoms with van der Waals surface area (Å²) in [6.45, 7) is 0. The summed E-state index contributed by atoms with van der Waals surface area (Å²) >= 11 is 6.10. The molecule has 5 heteroatoms. The number of pyridine rings is 1. The maximum absolute atomic E-state index is 10.3. The molecule has 0 radical (unpaired) electrons. The lowest BCUT2D eigenvalue weighted by Gasteiger charge is -2.20. The van der Waals surface area contributed by atoms with Crippen molar-refractivity contribution in [3.05, 3.63) is 58.7 Å². The number of aliphatic hydroxyl groups is 1. The van der Waals surface area contributed by atoms with Crippen molar-refractivity contribution in [2.45, 2.75) is 18.6 Å². The standard InChI is InChI=1S/C15H17ClN2O2/c1-20-14-9-11(6-7-18-14)15(19)13(17)8-10-4-2-3-5-12(10)16/h2-7,9,13,15,19H,8,17H2,1H3. The van der Waals surface area contributed by atoms with Crippen molar-refractivity contribution >= 4 is 11.6 Å². The van der Waals surface area contributed by atoms with Crippen molar-refractivity contribution in [2.75, 3.05) is 7.11 Å². The normalized spacial score (nSPS) is 13.8. The maximum Gasteiger partial charge on any atom is 0.213 e. The third kappa shape index (κ3) is 3.48. The van der Waals surface area contributed by atoms with Crippen molar-refractivity contribution in [3.8, 4) is 5.88 Å². The third-order valence-corrected chi connectivity index (χ3v) is 3.50. The van der Waals surface area contributed by atoms with Crippen molar-refractivity contribution in [1.82, 2.24) is 4.98 Å². The Morgan fingerprint density at radius 2 is 2.10 bits per heavy atom. The van der Waals surface area contributed by atoms with E-state index in [9.17, 15) is 5.11 Å². The van der Waals surface area contributed by atoms with E-state index in [2.05, 4.69) is 4.98 Å². The van der Waals surface area contributed by atoms with Crippen molar-refractivity contribution in [2.24, 2.45) is 5.73 Å². The van der Waals surface area contributed by atoms with Crippen LogP contribution >= 0.6 is 11.6 Å². The fourth-order valence-corrected chi connectivity index (χ4v) is 2.21. The van der Waals surface area contributed by atoms with Crippen molar-refractivity contribution in [1.29, 1.82) is 0 Å². The molecule has 2 atom stereocenters. The molecular formula is C15H17ClN2O2. The molecule has 4 nitrogen and oxygen atoms in total. The molecule has 1 aromatic carbocycles. The van der Waals surface area contributed by atoms with Crippen LogP contribution in [0.25, 0.3) is 0 Å². The molecule has 2 unspecified atom stereocenters. The number of aromatic nitrogens is 1. The second-order valence-corrected chi connectivity index (χ2v) is 4.94. The Balaban J connectivity index is 2.12. The highest BCUT2D eigenvalue weighted by atomic mass is 35.5. The molecule has 1 aromatic heterocycles. The highest BCUT2D eigenvalue weighted by Crippen LogP contribution is 2.23. The zero-order valence-electron chi connectivity index (χ0n) is 11.2. The molecule has 0 aliphatic rings. The first-order valence-electron chi connectivity index (χ1n) is 6.29. The summed E-state index contributed by atoms with van der Waals surface area (Å²) < 4.78 is 5.04. The predicted octanol–water partition coefficient (Wildman–Crippen LogP) is 2.35. The predicted molar refractivity (Wildman–Crippen MR) is 78.9 cm³/mol. The van der Waals surface area contributed by atoms with Gasteiger partial charge in [-0.2, -0.15) is 0 Å². The van der Waals surface area contributed by atoms with Crippen LogP contribution in [0.15, 0.2) is 42.6 Å². The van der Waals surface area contributed by atoms with Gasteiger partial charge in [0.1, 0.15) is 0 Å². The minimum absolute atomic E-state index is 0.450. The number of nitrogens with two attached hydrogens (primary N) is 1. The molecule has 0 saturated heterocycles. The second kappa shape index (κ2) is 6.70. The monoisotopic (exact) mass is 292 g/mol. The van der Waals surface area contributed by atoms with Crippen LogP contribution in [0.1, 0.15) is 17.2 Å². The van der Waals surface area contributed by atoms with Crippen molar-refractivity contribution in [3.63, 3.8) is 0 Å². The number of halogens is 1. The lowest BCUT2D eigenvalue weighted by atomic mass is 9.97. The van der Waals surface area contributed by atoms with E-state index in [1.54, 1.807) is 18.3 Å². The fourth-order valence-electron chi connectivity index (χ4n) is 2.00. The van der Waals surface area contributed by atoms with Gasteiger partial charge in [0, 0.05) is 23.3 Å². The van der Waals surface area contributed by atoms with E-state index in [0.717, 1.165) is 5.56 Å². The maximum atomic E-state index is 10.3. The van der Waals surface area contributed by atoms with Gasteiger partial charge in [0.05, 0.1) is 13.2 Å². The van der Waals surface area contributed by atoms with E-state index in [1.807, 2.05) is 24.3 Å². The van der Waals surface area contributed by atoms with Crippen molar-refractivity contribution < 1.29 is 9.84 Å². The van der Waals surface area contributed by atoms with Gasteiger partial charge in [0.25, 0.3) is 0 Å². The average Bonchev–Trinajstić information content (AvgIpc) is 2.48. The Morgan fingerprint density at radius 1 is 1.35 bits per heavy atom. The summed E-state index contributed by atoms with van der Waals surface area (Å²) in [6.07, 6.45) is 1.27. The van der Waals surface area contributed by atoms with Gasteiger partial charge >= 0.3 is 0 Å². The van der Waals surface area contributed by atoms with E-state index in [4.69, 9.17) is 22.1 Å². The van der Waals surface area contributed by atoms with E-state index < -0.39 is 12.1 Å². The highest BCUT2D eigenvalue weighted by Gasteiger charge is 2.19. The van der Waals surface area contributed by atoms with Gasteiger partial charge in [-0.15, -0.1) is 0 Å². The molecular weight excluding hydrogens is 276 g/mol. The van der Waals surface area contributed by atoms with Gasteiger partial charge in [-0.3, -0.25) is 0 Å². The van der Waals surface area contributed by atoms with Gasteiger partial charge in [-0.25, -0.2) is 4.98 Å². The van der Waals surface area contributed by atoms with Crippen LogP contribution in [0.4, 0.5) is 0 Å². The molecule has 2 aromatic rings. The summed E-state index contributed by atoms with van der Waals surface area (Å²) in [7, 11) is 1.53. The number of hydrogen-bond acceptors (Lipinski definition) is 4. The first-order chi connectivity index (χ1) is 9.61. The van der Waals surface area contributed by atoms with E-state index >= 15 is 0 Å². The Bertz CT molecular complexity index is 577. The molecule has 0 spiro atoms. The van der Waals surface area contributed by atoms with Crippen LogP contribution in [-0.4, -0.2) is 23.2 Å². The Labute approximate surface area is 123 Å². The highest BCUT2D eigenvalue weighted by molar-refractivity contribution is 6.31. The molecule has 3 N–H and O–H groups in total. The smallest absolute Gasteiger partial charge is 0.213 e. The minimum atomic E-state index is -0.803. The molecule has 2 rings (SSSR count). The zero-order chi connectivity index (χ0) is 14.5. The van der Waals surface area contributed by atoms with Crippen LogP contribution in [-0.2, 0) is 6.42 Å².